The SMILES string of the molecule is CNCC1(N(C)C(=O)C(=O)C(C)C)CC1. The van der Waals surface area contributed by atoms with Crippen LogP contribution < -0.4 is 5.32 Å². The molecular weight excluding hydrogens is 192 g/mol. The zero-order valence-corrected chi connectivity index (χ0v) is 9.96. The van der Waals surface area contributed by atoms with Crippen LogP contribution in [0.3, 0.4) is 0 Å². The Morgan fingerprint density at radius 3 is 2.27 bits per heavy atom. The number of Topliss-reactive ketones (excluding diaryl/α,β-unsaturated/α-hetero) is 1. The Hall–Kier alpha value is -0.900. The van der Waals surface area contributed by atoms with Crippen molar-refractivity contribution in [1.82, 2.24) is 10.2 Å². The lowest BCUT2D eigenvalue weighted by molar-refractivity contribution is -0.147. The molecule has 4 nitrogen and oxygen atoms in total. The molecule has 1 saturated carbocycles. The number of amides is 1. The van der Waals surface area contributed by atoms with Gasteiger partial charge >= 0.3 is 0 Å². The standard InChI is InChI=1S/C11H20N2O2/c1-8(2)9(14)10(15)13(4)11(5-6-11)7-12-3/h8,12H,5-7H2,1-4H3. The van der Waals surface area contributed by atoms with Gasteiger partial charge in [0, 0.05) is 19.5 Å². The van der Waals surface area contributed by atoms with E-state index in [4.69, 9.17) is 0 Å². The van der Waals surface area contributed by atoms with E-state index in [9.17, 15) is 9.59 Å². The molecule has 0 aromatic rings. The third-order valence-electron chi connectivity index (χ3n) is 3.08. The van der Waals surface area contributed by atoms with Gasteiger partial charge in [-0.2, -0.15) is 0 Å². The summed E-state index contributed by atoms with van der Waals surface area (Å²) in [5.41, 5.74) is -0.101. The van der Waals surface area contributed by atoms with Gasteiger partial charge in [-0.3, -0.25) is 9.59 Å². The summed E-state index contributed by atoms with van der Waals surface area (Å²) in [7, 11) is 3.59. The van der Waals surface area contributed by atoms with Gasteiger partial charge in [-0.25, -0.2) is 0 Å². The van der Waals surface area contributed by atoms with Crippen LogP contribution in [0.15, 0.2) is 0 Å². The van der Waals surface area contributed by atoms with Gasteiger partial charge in [0.25, 0.3) is 5.91 Å². The smallest absolute Gasteiger partial charge is 0.290 e. The predicted molar refractivity (Wildman–Crippen MR) is 58.5 cm³/mol. The molecule has 0 aromatic heterocycles. The van der Waals surface area contributed by atoms with Crippen LogP contribution in [-0.4, -0.2) is 42.8 Å². The van der Waals surface area contributed by atoms with E-state index in [2.05, 4.69) is 5.32 Å². The molecular formula is C11H20N2O2. The lowest BCUT2D eigenvalue weighted by Crippen LogP contribution is -2.48. The number of ketones is 1. The molecule has 0 heterocycles. The highest BCUT2D eigenvalue weighted by atomic mass is 16.2. The van der Waals surface area contributed by atoms with Crippen molar-refractivity contribution in [2.24, 2.45) is 5.92 Å². The van der Waals surface area contributed by atoms with E-state index < -0.39 is 0 Å². The highest BCUT2D eigenvalue weighted by Gasteiger charge is 2.48. The first-order chi connectivity index (χ1) is 6.94. The second kappa shape index (κ2) is 4.31. The van der Waals surface area contributed by atoms with Gasteiger partial charge in [-0.1, -0.05) is 13.8 Å². The molecule has 0 aliphatic heterocycles. The lowest BCUT2D eigenvalue weighted by atomic mass is 10.1. The molecule has 0 radical (unpaired) electrons. The zero-order chi connectivity index (χ0) is 11.6. The summed E-state index contributed by atoms with van der Waals surface area (Å²) >= 11 is 0. The molecule has 0 atom stereocenters. The van der Waals surface area contributed by atoms with Crippen LogP contribution in [0, 0.1) is 5.92 Å². The Balaban J connectivity index is 2.64. The van der Waals surface area contributed by atoms with Gasteiger partial charge in [-0.05, 0) is 19.9 Å². The Bertz CT molecular complexity index is 270. The number of rotatable bonds is 5. The minimum Gasteiger partial charge on any atom is -0.332 e. The van der Waals surface area contributed by atoms with Crippen LogP contribution in [-0.2, 0) is 9.59 Å². The van der Waals surface area contributed by atoms with E-state index in [1.54, 1.807) is 25.8 Å². The van der Waals surface area contributed by atoms with Crippen molar-refractivity contribution in [1.29, 1.82) is 0 Å². The molecule has 0 bridgehead atoms. The predicted octanol–water partition coefficient (Wildman–Crippen LogP) is 0.422. The van der Waals surface area contributed by atoms with E-state index in [1.807, 2.05) is 7.05 Å². The number of likely N-dealkylation sites (N-methyl/N-ethyl adjacent to an activating group) is 2. The van der Waals surface area contributed by atoms with Crippen molar-refractivity contribution >= 4 is 11.7 Å². The molecule has 0 aromatic carbocycles. The maximum Gasteiger partial charge on any atom is 0.290 e. The summed E-state index contributed by atoms with van der Waals surface area (Å²) in [4.78, 5) is 25.0. The van der Waals surface area contributed by atoms with Gasteiger partial charge in [0.1, 0.15) is 0 Å². The third kappa shape index (κ3) is 2.37. The summed E-state index contributed by atoms with van der Waals surface area (Å²) in [6.07, 6.45) is 1.98. The van der Waals surface area contributed by atoms with Crippen molar-refractivity contribution < 1.29 is 9.59 Å². The van der Waals surface area contributed by atoms with Crippen LogP contribution in [0.5, 0.6) is 0 Å². The molecule has 0 spiro atoms. The maximum absolute atomic E-state index is 11.8. The van der Waals surface area contributed by atoms with Crippen molar-refractivity contribution in [3.8, 4) is 0 Å². The first kappa shape index (κ1) is 12.2. The Labute approximate surface area is 91.0 Å². The fourth-order valence-electron chi connectivity index (χ4n) is 1.73. The van der Waals surface area contributed by atoms with Crippen LogP contribution in [0.2, 0.25) is 0 Å². The van der Waals surface area contributed by atoms with Crippen molar-refractivity contribution in [2.45, 2.75) is 32.2 Å². The summed E-state index contributed by atoms with van der Waals surface area (Å²) in [5, 5.41) is 3.07. The topological polar surface area (TPSA) is 49.4 Å². The van der Waals surface area contributed by atoms with Crippen molar-refractivity contribution in [2.75, 3.05) is 20.6 Å². The molecule has 1 aliphatic carbocycles. The molecule has 1 aliphatic rings. The van der Waals surface area contributed by atoms with Crippen LogP contribution in [0.4, 0.5) is 0 Å². The first-order valence-corrected chi connectivity index (χ1v) is 5.41. The summed E-state index contributed by atoms with van der Waals surface area (Å²) in [5.74, 6) is -0.858. The largest absolute Gasteiger partial charge is 0.332 e. The second-order valence-corrected chi connectivity index (χ2v) is 4.64. The third-order valence-corrected chi connectivity index (χ3v) is 3.08. The fourth-order valence-corrected chi connectivity index (χ4v) is 1.73. The first-order valence-electron chi connectivity index (χ1n) is 5.41. The molecule has 1 amide bonds. The van der Waals surface area contributed by atoms with Gasteiger partial charge in [0.2, 0.25) is 5.78 Å². The molecule has 15 heavy (non-hydrogen) atoms. The van der Waals surface area contributed by atoms with E-state index >= 15 is 0 Å². The van der Waals surface area contributed by atoms with Gasteiger partial charge in [0.15, 0.2) is 0 Å². The fraction of sp³-hybridized carbons (Fsp3) is 0.818. The monoisotopic (exact) mass is 212 g/mol. The van der Waals surface area contributed by atoms with Crippen LogP contribution in [0.25, 0.3) is 0 Å². The quantitative estimate of drug-likeness (QED) is 0.672. The summed E-state index contributed by atoms with van der Waals surface area (Å²) in [6.45, 7) is 4.28. The molecule has 1 rings (SSSR count). The normalized spacial score (nSPS) is 17.7. The van der Waals surface area contributed by atoms with Gasteiger partial charge < -0.3 is 10.2 Å². The lowest BCUT2D eigenvalue weighted by Gasteiger charge is -2.27. The van der Waals surface area contributed by atoms with Gasteiger partial charge in [0.05, 0.1) is 5.54 Å². The minimum atomic E-state index is -0.349. The Kier molecular flexibility index (Phi) is 3.50. The number of carbonyl (C=O) groups is 2. The Morgan fingerprint density at radius 1 is 1.40 bits per heavy atom. The van der Waals surface area contributed by atoms with E-state index in [-0.39, 0.29) is 23.1 Å². The molecule has 0 unspecified atom stereocenters. The molecule has 1 N–H and O–H groups in total. The molecule has 0 saturated heterocycles. The average molecular weight is 212 g/mol. The van der Waals surface area contributed by atoms with E-state index in [1.165, 1.54) is 0 Å². The van der Waals surface area contributed by atoms with Crippen LogP contribution in [0.1, 0.15) is 26.7 Å². The molecule has 86 valence electrons. The second-order valence-electron chi connectivity index (χ2n) is 4.64. The van der Waals surface area contributed by atoms with Crippen molar-refractivity contribution in [3.05, 3.63) is 0 Å². The highest BCUT2D eigenvalue weighted by Crippen LogP contribution is 2.40. The van der Waals surface area contributed by atoms with E-state index in [0.717, 1.165) is 19.4 Å². The summed E-state index contributed by atoms with van der Waals surface area (Å²) in [6, 6.07) is 0. The van der Waals surface area contributed by atoms with Gasteiger partial charge in [-0.15, -0.1) is 0 Å². The molecule has 1 fully saturated rings. The molecule has 4 heteroatoms. The zero-order valence-electron chi connectivity index (χ0n) is 9.96. The van der Waals surface area contributed by atoms with E-state index in [0.29, 0.717) is 0 Å². The van der Waals surface area contributed by atoms with Crippen molar-refractivity contribution in [3.63, 3.8) is 0 Å². The number of nitrogens with one attached hydrogen (secondary N) is 1. The Morgan fingerprint density at radius 2 is 1.93 bits per heavy atom. The number of hydrogen-bond acceptors (Lipinski definition) is 3. The number of hydrogen-bond donors (Lipinski definition) is 1. The number of nitrogens with zero attached hydrogens (tertiary/aromatic N) is 1. The summed E-state index contributed by atoms with van der Waals surface area (Å²) < 4.78 is 0. The average Bonchev–Trinajstić information content (AvgIpc) is 2.96. The minimum absolute atomic E-state index is 0.101. The highest BCUT2D eigenvalue weighted by molar-refractivity contribution is 6.36. The van der Waals surface area contributed by atoms with Crippen LogP contribution >= 0.6 is 0 Å². The number of carbonyl (C=O) groups excluding carboxylic acids is 2. The maximum atomic E-state index is 11.8.